The van der Waals surface area contributed by atoms with Crippen LogP contribution in [0.15, 0.2) is 91.1 Å². The summed E-state index contributed by atoms with van der Waals surface area (Å²) in [6.45, 7) is 4.76. The number of nitrogens with zero attached hydrogens (tertiary/aromatic N) is 1. The predicted molar refractivity (Wildman–Crippen MR) is 150 cm³/mol. The van der Waals surface area contributed by atoms with E-state index in [1.807, 2.05) is 62.5 Å². The fourth-order valence-corrected chi connectivity index (χ4v) is 4.37. The van der Waals surface area contributed by atoms with E-state index >= 15 is 0 Å². The molecule has 1 atom stereocenters. The van der Waals surface area contributed by atoms with Crippen LogP contribution >= 0.6 is 0 Å². The molecule has 0 saturated carbocycles. The van der Waals surface area contributed by atoms with Gasteiger partial charge in [0.2, 0.25) is 6.41 Å². The Morgan fingerprint density at radius 3 is 2.15 bits per heavy atom. The van der Waals surface area contributed by atoms with Gasteiger partial charge in [-0.25, -0.2) is 13.2 Å². The van der Waals surface area contributed by atoms with Crippen LogP contribution in [-0.2, 0) is 29.1 Å². The number of pyridine rings is 1. The van der Waals surface area contributed by atoms with Crippen molar-refractivity contribution in [3.63, 3.8) is 0 Å². The van der Waals surface area contributed by atoms with Crippen LogP contribution in [0.25, 0.3) is 0 Å². The fraction of sp³-hybridized carbons (Fsp3) is 0.250. The number of carbonyl (C=O) groups excluding carboxylic acids is 1. The molecule has 1 unspecified atom stereocenters. The van der Waals surface area contributed by atoms with Crippen molar-refractivity contribution in [1.82, 2.24) is 10.3 Å². The van der Waals surface area contributed by atoms with Crippen LogP contribution in [0, 0.1) is 12.7 Å². The number of benzene rings is 3. The van der Waals surface area contributed by atoms with Crippen molar-refractivity contribution in [2.24, 2.45) is 0 Å². The average molecular weight is 534 g/mol. The summed E-state index contributed by atoms with van der Waals surface area (Å²) in [5.41, 5.74) is 3.23. The van der Waals surface area contributed by atoms with E-state index in [4.69, 9.17) is 0 Å². The van der Waals surface area contributed by atoms with Crippen molar-refractivity contribution in [2.75, 3.05) is 12.4 Å². The van der Waals surface area contributed by atoms with Gasteiger partial charge < -0.3 is 10.6 Å². The first-order valence-electron chi connectivity index (χ1n) is 12.8. The highest BCUT2D eigenvalue weighted by Gasteiger charge is 2.37. The summed E-state index contributed by atoms with van der Waals surface area (Å²) < 4.78 is 42.5. The van der Waals surface area contributed by atoms with E-state index in [9.17, 15) is 18.0 Å². The van der Waals surface area contributed by atoms with Crippen LogP contribution in [0.5, 0.6) is 0 Å². The lowest BCUT2D eigenvalue weighted by Crippen LogP contribution is -2.45. The van der Waals surface area contributed by atoms with Gasteiger partial charge in [-0.1, -0.05) is 55.5 Å². The largest absolute Gasteiger partial charge is 0.388 e. The lowest BCUT2D eigenvalue weighted by Gasteiger charge is -2.35. The monoisotopic (exact) mass is 533 g/mol. The molecule has 0 aliphatic rings. The van der Waals surface area contributed by atoms with Gasteiger partial charge >= 0.3 is 0 Å². The smallest absolute Gasteiger partial charge is 0.270 e. The van der Waals surface area contributed by atoms with E-state index in [0.717, 1.165) is 30.7 Å². The molecule has 3 aromatic carbocycles. The van der Waals surface area contributed by atoms with Gasteiger partial charge in [-0.2, -0.15) is 0 Å². The standard InChI is InChI=1S/C24H23F3N2O.C8H11N/c1-3-22-10-9-18(15-28-22)24(29-16-30,14-17-7-5-4-6-8-17)20-11-19(23(2,26)27)12-21(25)13-20;1-7-4-3-5-8(6-7)9-2/h4-13,15-16H,3,14H2,1-2H3,(H,29,30);3-6,9H,1-2H3. The highest BCUT2D eigenvalue weighted by Crippen LogP contribution is 2.37. The van der Waals surface area contributed by atoms with Crippen LogP contribution in [0.3, 0.4) is 0 Å². The number of aryl methyl sites for hydroxylation is 2. The summed E-state index contributed by atoms with van der Waals surface area (Å²) in [6.07, 6.45) is 3.06. The quantitative estimate of drug-likeness (QED) is 0.224. The molecule has 204 valence electrons. The highest BCUT2D eigenvalue weighted by atomic mass is 19.3. The Morgan fingerprint density at radius 2 is 1.62 bits per heavy atom. The minimum Gasteiger partial charge on any atom is -0.388 e. The Morgan fingerprint density at radius 1 is 0.897 bits per heavy atom. The molecule has 1 heterocycles. The Balaban J connectivity index is 0.000000395. The van der Waals surface area contributed by atoms with Crippen molar-refractivity contribution in [3.05, 3.63) is 130 Å². The maximum Gasteiger partial charge on any atom is 0.270 e. The SMILES string of the molecule is CCc1ccc(C(Cc2ccccc2)(NC=O)c2cc(F)cc(C(C)(F)F)c2)cn1.CNc1cccc(C)c1. The molecule has 2 N–H and O–H groups in total. The van der Waals surface area contributed by atoms with Crippen molar-refractivity contribution < 1.29 is 18.0 Å². The number of amides is 1. The maximum atomic E-state index is 14.4. The average Bonchev–Trinajstić information content (AvgIpc) is 2.93. The molecule has 7 heteroatoms. The molecule has 1 amide bonds. The van der Waals surface area contributed by atoms with E-state index in [-0.39, 0.29) is 12.0 Å². The molecule has 4 rings (SSSR count). The van der Waals surface area contributed by atoms with Gasteiger partial charge in [0.05, 0.1) is 5.54 Å². The number of hydrogen-bond acceptors (Lipinski definition) is 3. The van der Waals surface area contributed by atoms with Gasteiger partial charge in [0.15, 0.2) is 0 Å². The molecule has 0 saturated heterocycles. The minimum absolute atomic E-state index is 0.223. The number of alkyl halides is 2. The fourth-order valence-electron chi connectivity index (χ4n) is 4.37. The third-order valence-electron chi connectivity index (χ3n) is 6.50. The molecule has 4 nitrogen and oxygen atoms in total. The first-order chi connectivity index (χ1) is 18.6. The van der Waals surface area contributed by atoms with Crippen LogP contribution < -0.4 is 10.6 Å². The lowest BCUT2D eigenvalue weighted by atomic mass is 9.77. The second-order valence-corrected chi connectivity index (χ2v) is 9.46. The molecule has 0 bridgehead atoms. The first-order valence-corrected chi connectivity index (χ1v) is 12.8. The summed E-state index contributed by atoms with van der Waals surface area (Å²) in [5, 5.41) is 5.86. The van der Waals surface area contributed by atoms with Crippen molar-refractivity contribution >= 4 is 12.1 Å². The summed E-state index contributed by atoms with van der Waals surface area (Å²) in [4.78, 5) is 16.1. The molecule has 0 spiro atoms. The number of anilines is 1. The molecule has 0 aliphatic carbocycles. The molecule has 39 heavy (non-hydrogen) atoms. The Kier molecular flexibility index (Phi) is 9.88. The van der Waals surface area contributed by atoms with E-state index in [0.29, 0.717) is 12.0 Å². The number of hydrogen-bond donors (Lipinski definition) is 2. The molecular weight excluding hydrogens is 499 g/mol. The molecule has 4 aromatic rings. The molecular formula is C32H34F3N3O. The molecule has 0 fully saturated rings. The maximum absolute atomic E-state index is 14.4. The summed E-state index contributed by atoms with van der Waals surface area (Å²) >= 11 is 0. The van der Waals surface area contributed by atoms with E-state index in [2.05, 4.69) is 34.7 Å². The van der Waals surface area contributed by atoms with Crippen molar-refractivity contribution in [2.45, 2.75) is 45.1 Å². The summed E-state index contributed by atoms with van der Waals surface area (Å²) in [6, 6.07) is 24.4. The number of nitrogens with one attached hydrogen (secondary N) is 2. The van der Waals surface area contributed by atoms with E-state index in [1.54, 1.807) is 12.3 Å². The number of carbonyl (C=O) groups is 1. The number of halogens is 3. The zero-order valence-corrected chi connectivity index (χ0v) is 22.6. The van der Waals surface area contributed by atoms with Crippen LogP contribution in [-0.4, -0.2) is 18.4 Å². The third kappa shape index (κ3) is 7.69. The number of aromatic nitrogens is 1. The van der Waals surface area contributed by atoms with Gasteiger partial charge in [0.1, 0.15) is 5.82 Å². The summed E-state index contributed by atoms with van der Waals surface area (Å²) in [5.74, 6) is -4.03. The van der Waals surface area contributed by atoms with Gasteiger partial charge in [-0.15, -0.1) is 0 Å². The van der Waals surface area contributed by atoms with E-state index < -0.39 is 22.8 Å². The molecule has 0 radical (unpaired) electrons. The summed E-state index contributed by atoms with van der Waals surface area (Å²) in [7, 11) is 1.93. The highest BCUT2D eigenvalue weighted by molar-refractivity contribution is 5.55. The van der Waals surface area contributed by atoms with E-state index in [1.165, 1.54) is 23.4 Å². The zero-order valence-electron chi connectivity index (χ0n) is 22.6. The van der Waals surface area contributed by atoms with Gasteiger partial charge in [-0.05, 0) is 66.4 Å². The number of rotatable bonds is 9. The van der Waals surface area contributed by atoms with Gasteiger partial charge in [0.25, 0.3) is 5.92 Å². The van der Waals surface area contributed by atoms with Crippen LogP contribution in [0.1, 0.15) is 47.4 Å². The second-order valence-electron chi connectivity index (χ2n) is 9.46. The minimum atomic E-state index is -3.24. The topological polar surface area (TPSA) is 54.0 Å². The molecule has 1 aromatic heterocycles. The van der Waals surface area contributed by atoms with Crippen LogP contribution in [0.4, 0.5) is 18.9 Å². The normalized spacial score (nSPS) is 12.5. The second kappa shape index (κ2) is 13.1. The Labute approximate surface area is 228 Å². The molecule has 0 aliphatic heterocycles. The Bertz CT molecular complexity index is 1360. The van der Waals surface area contributed by atoms with Gasteiger partial charge in [0, 0.05) is 49.1 Å². The predicted octanol–water partition coefficient (Wildman–Crippen LogP) is 7.16. The van der Waals surface area contributed by atoms with Gasteiger partial charge in [-0.3, -0.25) is 9.78 Å². The first kappa shape index (κ1) is 29.4. The van der Waals surface area contributed by atoms with Crippen molar-refractivity contribution in [3.8, 4) is 0 Å². The third-order valence-corrected chi connectivity index (χ3v) is 6.50. The van der Waals surface area contributed by atoms with Crippen molar-refractivity contribution in [1.29, 1.82) is 0 Å². The van der Waals surface area contributed by atoms with Crippen LogP contribution in [0.2, 0.25) is 0 Å². The Hall–Kier alpha value is -4.13. The zero-order chi connectivity index (χ0) is 28.5. The lowest BCUT2D eigenvalue weighted by molar-refractivity contribution is -0.111.